The Kier molecular flexibility index (Phi) is 6.47. The van der Waals surface area contributed by atoms with E-state index in [1.807, 2.05) is 0 Å². The molecule has 0 amide bonds. The Hall–Kier alpha value is -2.17. The molecule has 19 heavy (non-hydrogen) atoms. The van der Waals surface area contributed by atoms with Gasteiger partial charge < -0.3 is 9.84 Å². The lowest BCUT2D eigenvalue weighted by molar-refractivity contribution is 0.224. The molecule has 5 heteroatoms. The second-order valence-electron chi connectivity index (χ2n) is 3.34. The van der Waals surface area contributed by atoms with Gasteiger partial charge in [-0.3, -0.25) is 0 Å². The van der Waals surface area contributed by atoms with Crippen molar-refractivity contribution in [3.05, 3.63) is 72.5 Å². The molecule has 0 aliphatic carbocycles. The van der Waals surface area contributed by atoms with Gasteiger partial charge in [0.1, 0.15) is 0 Å². The molecule has 0 saturated carbocycles. The largest absolute Gasteiger partial charge is 0.504 e. The molecule has 0 fully saturated rings. The number of aliphatic hydroxyl groups is 1. The van der Waals surface area contributed by atoms with Crippen LogP contribution in [0.2, 0.25) is 0 Å². The maximum atomic E-state index is 13.7. The van der Waals surface area contributed by atoms with Crippen LogP contribution in [0.4, 0.5) is 13.2 Å². The fraction of sp³-hybridized carbons (Fsp3) is 0.143. The van der Waals surface area contributed by atoms with Crippen molar-refractivity contribution in [3.8, 4) is 0 Å². The van der Waals surface area contributed by atoms with Crippen LogP contribution in [0.1, 0.15) is 6.92 Å². The molecule has 2 nitrogen and oxygen atoms in total. The minimum absolute atomic E-state index is 0.100. The molecule has 0 aromatic rings. The molecule has 0 saturated heterocycles. The molecule has 0 aromatic heterocycles. The van der Waals surface area contributed by atoms with Gasteiger partial charge in [-0.1, -0.05) is 26.3 Å². The Bertz CT molecular complexity index is 485. The van der Waals surface area contributed by atoms with E-state index in [0.717, 1.165) is 0 Å². The number of aliphatic hydroxyl groups excluding tert-OH is 1. The van der Waals surface area contributed by atoms with Crippen molar-refractivity contribution in [1.29, 1.82) is 0 Å². The van der Waals surface area contributed by atoms with Gasteiger partial charge in [0.25, 0.3) is 0 Å². The summed E-state index contributed by atoms with van der Waals surface area (Å²) in [5.74, 6) is -5.44. The Morgan fingerprint density at radius 3 is 2.05 bits per heavy atom. The predicted octanol–water partition coefficient (Wildman–Crippen LogP) is 4.72. The molecule has 0 spiro atoms. The van der Waals surface area contributed by atoms with Gasteiger partial charge >= 0.3 is 0 Å². The lowest BCUT2D eigenvalue weighted by Gasteiger charge is -2.10. The smallest absolute Gasteiger partial charge is 0.200 e. The number of hydrogen-bond donors (Lipinski definition) is 1. The molecule has 0 aliphatic heterocycles. The molecule has 0 unspecified atom stereocenters. The quantitative estimate of drug-likeness (QED) is 0.536. The second-order valence-corrected chi connectivity index (χ2v) is 3.34. The number of allylic oxidation sites excluding steroid dienone is 5. The van der Waals surface area contributed by atoms with Crippen molar-refractivity contribution < 1.29 is 23.0 Å². The molecule has 0 atom stereocenters. The zero-order valence-corrected chi connectivity index (χ0v) is 10.6. The van der Waals surface area contributed by atoms with E-state index in [1.54, 1.807) is 6.92 Å². The van der Waals surface area contributed by atoms with E-state index in [0.29, 0.717) is 6.08 Å². The minimum Gasteiger partial charge on any atom is -0.504 e. The summed E-state index contributed by atoms with van der Waals surface area (Å²) in [6.45, 7) is 14.3. The SMILES string of the molecule is C=C/C(F)=C(/O)C(=C)C(=C)/C(F)=C(/F)C(=C)OCC. The molecule has 104 valence electrons. The number of ether oxygens (including phenoxy) is 1. The van der Waals surface area contributed by atoms with Crippen LogP contribution >= 0.6 is 0 Å². The zero-order chi connectivity index (χ0) is 15.2. The first-order valence-corrected chi connectivity index (χ1v) is 5.25. The van der Waals surface area contributed by atoms with Crippen LogP contribution in [0.15, 0.2) is 72.5 Å². The Labute approximate surface area is 110 Å². The highest BCUT2D eigenvalue weighted by atomic mass is 19.2. The first-order valence-electron chi connectivity index (χ1n) is 5.25. The van der Waals surface area contributed by atoms with Gasteiger partial charge in [0.05, 0.1) is 6.61 Å². The first kappa shape index (κ1) is 16.8. The highest BCUT2D eigenvalue weighted by Crippen LogP contribution is 2.29. The van der Waals surface area contributed by atoms with Crippen LogP contribution in [0.3, 0.4) is 0 Å². The molecule has 0 rings (SSSR count). The van der Waals surface area contributed by atoms with Crippen molar-refractivity contribution in [3.63, 3.8) is 0 Å². The monoisotopic (exact) mass is 272 g/mol. The van der Waals surface area contributed by atoms with Crippen LogP contribution in [0.25, 0.3) is 0 Å². The standard InChI is InChI=1S/C14H15F3O2/c1-6-11(15)14(18)9(4)8(3)12(16)13(17)10(5)19-7-2/h6,18H,1,3-5,7H2,2H3/b13-12-,14-11-. The third kappa shape index (κ3) is 4.21. The molecular weight excluding hydrogens is 257 g/mol. The zero-order valence-electron chi connectivity index (χ0n) is 10.6. The lowest BCUT2D eigenvalue weighted by atomic mass is 10.1. The molecule has 0 aromatic carbocycles. The van der Waals surface area contributed by atoms with E-state index >= 15 is 0 Å². The van der Waals surface area contributed by atoms with Crippen LogP contribution in [0.5, 0.6) is 0 Å². The van der Waals surface area contributed by atoms with Gasteiger partial charge in [-0.2, -0.15) is 4.39 Å². The van der Waals surface area contributed by atoms with Crippen LogP contribution in [-0.4, -0.2) is 11.7 Å². The molecule has 0 heterocycles. The number of halogens is 3. The van der Waals surface area contributed by atoms with Crippen molar-refractivity contribution in [2.45, 2.75) is 6.92 Å². The summed E-state index contributed by atoms with van der Waals surface area (Å²) in [7, 11) is 0. The maximum absolute atomic E-state index is 13.7. The van der Waals surface area contributed by atoms with Crippen molar-refractivity contribution in [1.82, 2.24) is 0 Å². The van der Waals surface area contributed by atoms with Crippen LogP contribution in [0, 0.1) is 0 Å². The Morgan fingerprint density at radius 1 is 1.11 bits per heavy atom. The summed E-state index contributed by atoms with van der Waals surface area (Å²) in [5.41, 5.74) is -1.12. The average Bonchev–Trinajstić information content (AvgIpc) is 2.42. The van der Waals surface area contributed by atoms with Crippen LogP contribution < -0.4 is 0 Å². The Balaban J connectivity index is 5.34. The minimum atomic E-state index is -1.44. The van der Waals surface area contributed by atoms with E-state index in [-0.39, 0.29) is 6.61 Å². The summed E-state index contributed by atoms with van der Waals surface area (Å²) in [4.78, 5) is 0. The van der Waals surface area contributed by atoms with Gasteiger partial charge in [0.2, 0.25) is 5.83 Å². The van der Waals surface area contributed by atoms with Crippen molar-refractivity contribution >= 4 is 0 Å². The third-order valence-corrected chi connectivity index (χ3v) is 2.08. The van der Waals surface area contributed by atoms with E-state index < -0.39 is 40.1 Å². The average molecular weight is 272 g/mol. The third-order valence-electron chi connectivity index (χ3n) is 2.08. The van der Waals surface area contributed by atoms with Gasteiger partial charge in [0, 0.05) is 11.1 Å². The molecule has 1 N–H and O–H groups in total. The molecule has 0 aliphatic rings. The second kappa shape index (κ2) is 7.31. The summed E-state index contributed by atoms with van der Waals surface area (Å²) in [6, 6.07) is 0. The fourth-order valence-electron chi connectivity index (χ4n) is 1.01. The molecule has 0 radical (unpaired) electrons. The van der Waals surface area contributed by atoms with Gasteiger partial charge in [-0.15, -0.1) is 0 Å². The van der Waals surface area contributed by atoms with Crippen LogP contribution in [-0.2, 0) is 4.74 Å². The normalized spacial score (nSPS) is 13.1. The maximum Gasteiger partial charge on any atom is 0.200 e. The molecule has 0 bridgehead atoms. The predicted molar refractivity (Wildman–Crippen MR) is 69.2 cm³/mol. The van der Waals surface area contributed by atoms with Gasteiger partial charge in [-0.25, -0.2) is 8.78 Å². The summed E-state index contributed by atoms with van der Waals surface area (Å²) in [5, 5.41) is 9.34. The van der Waals surface area contributed by atoms with Crippen molar-refractivity contribution in [2.75, 3.05) is 6.61 Å². The van der Waals surface area contributed by atoms with E-state index in [2.05, 4.69) is 31.1 Å². The topological polar surface area (TPSA) is 29.5 Å². The first-order chi connectivity index (χ1) is 8.77. The van der Waals surface area contributed by atoms with Gasteiger partial charge in [0.15, 0.2) is 23.2 Å². The van der Waals surface area contributed by atoms with Gasteiger partial charge in [-0.05, 0) is 13.0 Å². The lowest BCUT2D eigenvalue weighted by Crippen LogP contribution is -1.98. The highest BCUT2D eigenvalue weighted by molar-refractivity contribution is 5.52. The van der Waals surface area contributed by atoms with E-state index in [1.165, 1.54) is 0 Å². The van der Waals surface area contributed by atoms with Crippen molar-refractivity contribution in [2.24, 2.45) is 0 Å². The summed E-state index contributed by atoms with van der Waals surface area (Å²) >= 11 is 0. The highest BCUT2D eigenvalue weighted by Gasteiger charge is 2.19. The number of hydrogen-bond acceptors (Lipinski definition) is 2. The van der Waals surface area contributed by atoms with E-state index in [9.17, 15) is 18.3 Å². The summed E-state index contributed by atoms with van der Waals surface area (Å²) < 4.78 is 44.9. The Morgan fingerprint density at radius 2 is 1.63 bits per heavy atom. The summed E-state index contributed by atoms with van der Waals surface area (Å²) in [6.07, 6.45) is 0.699. The fourth-order valence-corrected chi connectivity index (χ4v) is 1.01. The van der Waals surface area contributed by atoms with E-state index in [4.69, 9.17) is 0 Å². The molecular formula is C14H15F3O2. The number of rotatable bonds is 7.